The first-order valence-electron chi connectivity index (χ1n) is 34.3. The molecule has 0 bridgehead atoms. The Morgan fingerprint density at radius 2 is 0.500 bits per heavy atom. The molecule has 0 saturated heterocycles. The molecule has 0 aliphatic rings. The van der Waals surface area contributed by atoms with Crippen molar-refractivity contribution in [2.24, 2.45) is 0 Å². The van der Waals surface area contributed by atoms with Crippen molar-refractivity contribution in [1.82, 2.24) is 0 Å². The number of unbranched alkanes of at least 4 members (excludes halogenated alkanes) is 42. The lowest BCUT2D eigenvalue weighted by atomic mass is 10.0. The van der Waals surface area contributed by atoms with E-state index in [0.717, 1.165) is 96.3 Å². The summed E-state index contributed by atoms with van der Waals surface area (Å²) in [7, 11) is 0. The quantitative estimate of drug-likeness (QED) is 0.0261. The monoisotopic (exact) mass is 1090 g/mol. The SMILES string of the molecule is CC/C=C\C/C=C\C/C=C\C/C=C\C/C=C\CCCCCC(=O)OC(COC(=O)CCCCCCCCCCCCC)COC(=O)CCCCCCCCCCCCCCCCCCCCCCCCCCCCCCCC. The number of hydrogen-bond acceptors (Lipinski definition) is 6. The summed E-state index contributed by atoms with van der Waals surface area (Å²) in [5.74, 6) is -0.897. The average Bonchev–Trinajstić information content (AvgIpc) is 3.44. The molecular weight excluding hydrogens is 961 g/mol. The highest BCUT2D eigenvalue weighted by Gasteiger charge is 2.19. The molecule has 0 amide bonds. The Hall–Kier alpha value is -2.89. The molecule has 0 aromatic rings. The van der Waals surface area contributed by atoms with Gasteiger partial charge in [-0.15, -0.1) is 0 Å². The number of esters is 3. The summed E-state index contributed by atoms with van der Waals surface area (Å²) in [4.78, 5) is 38.3. The maximum Gasteiger partial charge on any atom is 0.306 e. The van der Waals surface area contributed by atoms with Crippen LogP contribution in [-0.2, 0) is 28.6 Å². The van der Waals surface area contributed by atoms with Crippen LogP contribution in [0, 0.1) is 0 Å². The van der Waals surface area contributed by atoms with E-state index in [9.17, 15) is 14.4 Å². The van der Waals surface area contributed by atoms with Gasteiger partial charge in [-0.2, -0.15) is 0 Å². The Bertz CT molecular complexity index is 1390. The van der Waals surface area contributed by atoms with Crippen molar-refractivity contribution in [2.75, 3.05) is 13.2 Å². The predicted octanol–water partition coefficient (Wildman–Crippen LogP) is 23.5. The minimum Gasteiger partial charge on any atom is -0.462 e. The third kappa shape index (κ3) is 63.9. The third-order valence-corrected chi connectivity index (χ3v) is 15.3. The van der Waals surface area contributed by atoms with Crippen LogP contribution in [0.5, 0.6) is 0 Å². The first kappa shape index (κ1) is 75.1. The first-order chi connectivity index (χ1) is 38.5. The Labute approximate surface area is 485 Å². The van der Waals surface area contributed by atoms with E-state index in [2.05, 4.69) is 81.5 Å². The van der Waals surface area contributed by atoms with Crippen LogP contribution < -0.4 is 0 Å². The molecule has 6 nitrogen and oxygen atoms in total. The van der Waals surface area contributed by atoms with Crippen LogP contribution >= 0.6 is 0 Å². The largest absolute Gasteiger partial charge is 0.462 e. The van der Waals surface area contributed by atoms with E-state index in [1.165, 1.54) is 225 Å². The fourth-order valence-corrected chi connectivity index (χ4v) is 10.2. The van der Waals surface area contributed by atoms with Crippen LogP contribution in [-0.4, -0.2) is 37.2 Å². The summed E-state index contributed by atoms with van der Waals surface area (Å²) in [5, 5.41) is 0. The molecule has 0 aliphatic heterocycles. The summed E-state index contributed by atoms with van der Waals surface area (Å²) in [5.41, 5.74) is 0. The lowest BCUT2D eigenvalue weighted by Crippen LogP contribution is -2.30. The van der Waals surface area contributed by atoms with Gasteiger partial charge < -0.3 is 14.2 Å². The van der Waals surface area contributed by atoms with Gasteiger partial charge in [-0.3, -0.25) is 14.4 Å². The molecule has 0 aromatic carbocycles. The van der Waals surface area contributed by atoms with Crippen LogP contribution in [0.4, 0.5) is 0 Å². The molecule has 0 fully saturated rings. The van der Waals surface area contributed by atoms with Gasteiger partial charge in [0.25, 0.3) is 0 Å². The molecule has 0 heterocycles. The van der Waals surface area contributed by atoms with E-state index in [4.69, 9.17) is 14.2 Å². The van der Waals surface area contributed by atoms with E-state index in [1.54, 1.807) is 0 Å². The van der Waals surface area contributed by atoms with Crippen LogP contribution in [0.3, 0.4) is 0 Å². The summed E-state index contributed by atoms with van der Waals surface area (Å²) < 4.78 is 16.9. The van der Waals surface area contributed by atoms with Crippen molar-refractivity contribution in [3.05, 3.63) is 60.8 Å². The van der Waals surface area contributed by atoms with Crippen molar-refractivity contribution in [3.63, 3.8) is 0 Å². The maximum atomic E-state index is 12.9. The Kier molecular flexibility index (Phi) is 64.2. The van der Waals surface area contributed by atoms with E-state index in [-0.39, 0.29) is 31.1 Å². The van der Waals surface area contributed by atoms with E-state index in [0.29, 0.717) is 19.3 Å². The second kappa shape index (κ2) is 66.6. The number of rotatable bonds is 63. The van der Waals surface area contributed by atoms with Gasteiger partial charge in [-0.25, -0.2) is 0 Å². The molecular formula is C72H130O6. The number of carbonyl (C=O) groups excluding carboxylic acids is 3. The Morgan fingerprint density at radius 1 is 0.269 bits per heavy atom. The topological polar surface area (TPSA) is 78.9 Å². The molecule has 0 aromatic heterocycles. The van der Waals surface area contributed by atoms with Gasteiger partial charge in [0.2, 0.25) is 0 Å². The average molecular weight is 1090 g/mol. The second-order valence-electron chi connectivity index (χ2n) is 23.1. The Balaban J connectivity index is 4.17. The molecule has 454 valence electrons. The highest BCUT2D eigenvalue weighted by atomic mass is 16.6. The van der Waals surface area contributed by atoms with Crippen molar-refractivity contribution in [1.29, 1.82) is 0 Å². The lowest BCUT2D eigenvalue weighted by molar-refractivity contribution is -0.167. The van der Waals surface area contributed by atoms with Crippen LogP contribution in [0.15, 0.2) is 60.8 Å². The summed E-state index contributed by atoms with van der Waals surface area (Å²) in [6.45, 7) is 6.55. The van der Waals surface area contributed by atoms with Crippen molar-refractivity contribution >= 4 is 17.9 Å². The normalized spacial score (nSPS) is 12.4. The summed E-state index contributed by atoms with van der Waals surface area (Å²) in [6.07, 6.45) is 85.5. The maximum absolute atomic E-state index is 12.9. The first-order valence-corrected chi connectivity index (χ1v) is 34.3. The van der Waals surface area contributed by atoms with Crippen molar-refractivity contribution < 1.29 is 28.6 Å². The van der Waals surface area contributed by atoms with Gasteiger partial charge in [0, 0.05) is 19.3 Å². The summed E-state index contributed by atoms with van der Waals surface area (Å²) >= 11 is 0. The Morgan fingerprint density at radius 3 is 0.782 bits per heavy atom. The molecule has 0 aliphatic carbocycles. The minimum atomic E-state index is -0.789. The molecule has 6 heteroatoms. The molecule has 0 rings (SSSR count). The highest BCUT2D eigenvalue weighted by Crippen LogP contribution is 2.18. The number of allylic oxidation sites excluding steroid dienone is 10. The predicted molar refractivity (Wildman–Crippen MR) is 339 cm³/mol. The molecule has 78 heavy (non-hydrogen) atoms. The zero-order valence-corrected chi connectivity index (χ0v) is 52.2. The molecule has 0 spiro atoms. The van der Waals surface area contributed by atoms with E-state index in [1.807, 2.05) is 0 Å². The third-order valence-electron chi connectivity index (χ3n) is 15.3. The number of carbonyl (C=O) groups is 3. The van der Waals surface area contributed by atoms with Gasteiger partial charge in [0.1, 0.15) is 13.2 Å². The number of hydrogen-bond donors (Lipinski definition) is 0. The molecule has 1 atom stereocenters. The smallest absolute Gasteiger partial charge is 0.306 e. The van der Waals surface area contributed by atoms with Crippen molar-refractivity contribution in [2.45, 2.75) is 367 Å². The zero-order valence-electron chi connectivity index (χ0n) is 52.2. The number of ether oxygens (including phenoxy) is 3. The minimum absolute atomic E-state index is 0.0834. The van der Waals surface area contributed by atoms with E-state index < -0.39 is 6.10 Å². The lowest BCUT2D eigenvalue weighted by Gasteiger charge is -2.18. The zero-order chi connectivity index (χ0) is 56.4. The molecule has 0 saturated carbocycles. The molecule has 0 radical (unpaired) electrons. The van der Waals surface area contributed by atoms with Crippen LogP contribution in [0.1, 0.15) is 361 Å². The van der Waals surface area contributed by atoms with Gasteiger partial charge in [0.05, 0.1) is 0 Å². The van der Waals surface area contributed by atoms with Gasteiger partial charge in [-0.05, 0) is 64.2 Å². The van der Waals surface area contributed by atoms with Crippen LogP contribution in [0.2, 0.25) is 0 Å². The van der Waals surface area contributed by atoms with Gasteiger partial charge in [0.15, 0.2) is 6.10 Å². The van der Waals surface area contributed by atoms with Crippen LogP contribution in [0.25, 0.3) is 0 Å². The fourth-order valence-electron chi connectivity index (χ4n) is 10.2. The standard InChI is InChI=1S/C72H130O6/c1-4-7-10-13-16-19-22-24-26-28-30-31-32-33-34-35-36-37-38-39-40-42-43-45-47-50-53-56-59-62-65-71(74)77-68-69(67-76-70(73)64-61-58-55-52-49-21-18-15-12-9-6-3)78-72(75)66-63-60-57-54-51-48-46-44-41-29-27-25-23-20-17-14-11-8-5-2/h8,11,17,20,25,27,41,44,48,51,69H,4-7,9-10,12-16,18-19,21-24,26,28-40,42-43,45-47,49-50,52-68H2,1-3H3/b11-8-,20-17-,27-25-,44-41-,51-48-. The van der Waals surface area contributed by atoms with Gasteiger partial charge >= 0.3 is 17.9 Å². The van der Waals surface area contributed by atoms with Crippen molar-refractivity contribution in [3.8, 4) is 0 Å². The second-order valence-corrected chi connectivity index (χ2v) is 23.1. The fraction of sp³-hybridized carbons (Fsp3) is 0.819. The highest BCUT2D eigenvalue weighted by molar-refractivity contribution is 5.71. The molecule has 1 unspecified atom stereocenters. The van der Waals surface area contributed by atoms with Gasteiger partial charge in [-0.1, -0.05) is 338 Å². The van der Waals surface area contributed by atoms with E-state index >= 15 is 0 Å². The summed E-state index contributed by atoms with van der Waals surface area (Å²) in [6, 6.07) is 0. The molecule has 0 N–H and O–H groups in total.